The molecule has 142 valence electrons. The summed E-state index contributed by atoms with van der Waals surface area (Å²) in [6.07, 6.45) is -0.107. The van der Waals surface area contributed by atoms with Crippen LogP contribution in [-0.2, 0) is 6.42 Å². The lowest BCUT2D eigenvalue weighted by Gasteiger charge is -2.15. The molecule has 1 aromatic heterocycles. The number of anilines is 1. The number of nitrogens with zero attached hydrogens (tertiary/aromatic N) is 2. The van der Waals surface area contributed by atoms with Gasteiger partial charge in [-0.15, -0.1) is 0 Å². The maximum absolute atomic E-state index is 10.3. The molecule has 0 saturated heterocycles. The second-order valence-corrected chi connectivity index (χ2v) is 6.07. The second kappa shape index (κ2) is 9.16. The van der Waals surface area contributed by atoms with E-state index in [0.717, 1.165) is 10.9 Å². The molecule has 4 N–H and O–H groups in total. The van der Waals surface area contributed by atoms with Gasteiger partial charge in [0.1, 0.15) is 35.9 Å². The van der Waals surface area contributed by atoms with E-state index >= 15 is 0 Å². The highest BCUT2D eigenvalue weighted by molar-refractivity contribution is 5.88. The van der Waals surface area contributed by atoms with Gasteiger partial charge in [-0.2, -0.15) is 0 Å². The van der Waals surface area contributed by atoms with Crippen LogP contribution in [0, 0.1) is 0 Å². The molecule has 0 fully saturated rings. The van der Waals surface area contributed by atoms with Crippen molar-refractivity contribution in [3.63, 3.8) is 0 Å². The van der Waals surface area contributed by atoms with Gasteiger partial charge in [0.2, 0.25) is 0 Å². The Kier molecular flexibility index (Phi) is 6.40. The van der Waals surface area contributed by atoms with E-state index in [-0.39, 0.29) is 6.61 Å². The molecule has 1 heterocycles. The molecule has 0 aliphatic heterocycles. The largest absolute Gasteiger partial charge is 0.497 e. The van der Waals surface area contributed by atoms with E-state index in [9.17, 15) is 5.11 Å². The molecule has 3 aromatic rings. The van der Waals surface area contributed by atoms with Crippen molar-refractivity contribution in [3.8, 4) is 11.5 Å². The maximum atomic E-state index is 10.3. The zero-order valence-corrected chi connectivity index (χ0v) is 15.3. The fourth-order valence-corrected chi connectivity index (χ4v) is 2.66. The van der Waals surface area contributed by atoms with Crippen LogP contribution in [-0.4, -0.2) is 48.0 Å². The van der Waals surface area contributed by atoms with Gasteiger partial charge in [-0.3, -0.25) is 0 Å². The van der Waals surface area contributed by atoms with Gasteiger partial charge in [-0.05, 0) is 30.8 Å². The molecule has 7 nitrogen and oxygen atoms in total. The predicted octanol–water partition coefficient (Wildman–Crippen LogP) is 1.99. The van der Waals surface area contributed by atoms with Crippen molar-refractivity contribution >= 4 is 16.7 Å². The highest BCUT2D eigenvalue weighted by Crippen LogP contribution is 2.21. The lowest BCUT2D eigenvalue weighted by molar-refractivity contribution is 0.117. The van der Waals surface area contributed by atoms with Gasteiger partial charge in [0.15, 0.2) is 0 Å². The number of hydrogen-bond acceptors (Lipinski definition) is 7. The number of nitrogens with one attached hydrogen (secondary N) is 1. The topological polar surface area (TPSA) is 103 Å². The first-order valence-corrected chi connectivity index (χ1v) is 8.84. The number of para-hydroxylation sites is 1. The average molecular weight is 368 g/mol. The summed E-state index contributed by atoms with van der Waals surface area (Å²) in [4.78, 5) is 9.05. The molecule has 0 aliphatic carbocycles. The van der Waals surface area contributed by atoms with Crippen LogP contribution < -0.4 is 20.5 Å². The Bertz CT molecular complexity index is 888. The zero-order chi connectivity index (χ0) is 19.1. The summed E-state index contributed by atoms with van der Waals surface area (Å²) in [7, 11) is 1.60. The van der Waals surface area contributed by atoms with Gasteiger partial charge in [0.05, 0.1) is 12.6 Å². The third-order valence-corrected chi connectivity index (χ3v) is 4.01. The number of nitrogens with two attached hydrogens (primary N) is 1. The molecule has 0 radical (unpaired) electrons. The summed E-state index contributed by atoms with van der Waals surface area (Å²) in [6, 6.07) is 15.0. The molecule has 1 unspecified atom stereocenters. The average Bonchev–Trinajstić information content (AvgIpc) is 2.71. The third-order valence-electron chi connectivity index (χ3n) is 4.01. The van der Waals surface area contributed by atoms with Crippen LogP contribution in [0.3, 0.4) is 0 Å². The Morgan fingerprint density at radius 2 is 1.93 bits per heavy atom. The van der Waals surface area contributed by atoms with Crippen molar-refractivity contribution in [2.45, 2.75) is 12.5 Å². The van der Waals surface area contributed by atoms with Crippen molar-refractivity contribution in [3.05, 3.63) is 54.4 Å². The summed E-state index contributed by atoms with van der Waals surface area (Å²) in [6.45, 7) is 0.931. The second-order valence-electron chi connectivity index (χ2n) is 6.07. The maximum Gasteiger partial charge on any atom is 0.137 e. The standard InChI is InChI=1S/C20H24N4O3/c1-26-15-5-4-6-16(11-15)27-13-14(25)12-22-20-17-7-2-3-8-18(17)23-19(24-20)9-10-21/h2-8,11,14,25H,9-10,12-13,21H2,1H3,(H,22,23,24). The van der Waals surface area contributed by atoms with Crippen molar-refractivity contribution in [1.29, 1.82) is 0 Å². The van der Waals surface area contributed by atoms with E-state index in [2.05, 4.69) is 15.3 Å². The molecule has 27 heavy (non-hydrogen) atoms. The van der Waals surface area contributed by atoms with Crippen LogP contribution in [0.1, 0.15) is 5.82 Å². The number of hydrogen-bond donors (Lipinski definition) is 3. The number of methoxy groups -OCH3 is 1. The summed E-state index contributed by atoms with van der Waals surface area (Å²) in [5.74, 6) is 2.72. The number of benzene rings is 2. The highest BCUT2D eigenvalue weighted by atomic mass is 16.5. The van der Waals surface area contributed by atoms with E-state index < -0.39 is 6.10 Å². The van der Waals surface area contributed by atoms with Crippen LogP contribution >= 0.6 is 0 Å². The Morgan fingerprint density at radius 1 is 1.11 bits per heavy atom. The fourth-order valence-electron chi connectivity index (χ4n) is 2.66. The van der Waals surface area contributed by atoms with Crippen molar-refractivity contribution < 1.29 is 14.6 Å². The molecule has 3 rings (SSSR count). The monoisotopic (exact) mass is 368 g/mol. The first-order chi connectivity index (χ1) is 13.2. The molecule has 0 spiro atoms. The Hall–Kier alpha value is -2.90. The quantitative estimate of drug-likeness (QED) is 0.531. The van der Waals surface area contributed by atoms with E-state index in [1.165, 1.54) is 0 Å². The summed E-state index contributed by atoms with van der Waals surface area (Å²) in [5, 5.41) is 14.4. The van der Waals surface area contributed by atoms with Gasteiger partial charge in [-0.1, -0.05) is 18.2 Å². The molecular weight excluding hydrogens is 344 g/mol. The summed E-state index contributed by atoms with van der Waals surface area (Å²) >= 11 is 0. The van der Waals surface area contributed by atoms with Crippen LogP contribution in [0.15, 0.2) is 48.5 Å². The lowest BCUT2D eigenvalue weighted by Crippen LogP contribution is -2.27. The SMILES string of the molecule is COc1cccc(OCC(O)CNc2nc(CCN)nc3ccccc23)c1. The van der Waals surface area contributed by atoms with Crippen molar-refractivity contribution in [2.75, 3.05) is 32.1 Å². The van der Waals surface area contributed by atoms with E-state index in [0.29, 0.717) is 42.7 Å². The molecule has 0 amide bonds. The fraction of sp³-hybridized carbons (Fsp3) is 0.300. The Morgan fingerprint density at radius 3 is 2.74 bits per heavy atom. The minimum Gasteiger partial charge on any atom is -0.497 e. The van der Waals surface area contributed by atoms with Crippen molar-refractivity contribution in [2.24, 2.45) is 5.73 Å². The minimum absolute atomic E-state index is 0.152. The zero-order valence-electron chi connectivity index (χ0n) is 15.3. The normalized spacial score (nSPS) is 12.0. The first-order valence-electron chi connectivity index (χ1n) is 8.84. The molecule has 0 aliphatic rings. The smallest absolute Gasteiger partial charge is 0.137 e. The van der Waals surface area contributed by atoms with Gasteiger partial charge < -0.3 is 25.6 Å². The van der Waals surface area contributed by atoms with Gasteiger partial charge in [0, 0.05) is 24.4 Å². The number of aliphatic hydroxyl groups is 1. The highest BCUT2D eigenvalue weighted by Gasteiger charge is 2.10. The van der Waals surface area contributed by atoms with Crippen LogP contribution in [0.5, 0.6) is 11.5 Å². The van der Waals surface area contributed by atoms with Gasteiger partial charge >= 0.3 is 0 Å². The minimum atomic E-state index is -0.706. The predicted molar refractivity (Wildman–Crippen MR) is 105 cm³/mol. The number of aliphatic hydroxyl groups excluding tert-OH is 1. The van der Waals surface area contributed by atoms with Crippen molar-refractivity contribution in [1.82, 2.24) is 9.97 Å². The molecule has 7 heteroatoms. The molecular formula is C20H24N4O3. The Balaban J connectivity index is 1.63. The number of aromatic nitrogens is 2. The van der Waals surface area contributed by atoms with Gasteiger partial charge in [-0.25, -0.2) is 9.97 Å². The lowest BCUT2D eigenvalue weighted by atomic mass is 10.2. The van der Waals surface area contributed by atoms with E-state index in [1.54, 1.807) is 13.2 Å². The summed E-state index contributed by atoms with van der Waals surface area (Å²) < 4.78 is 10.8. The molecule has 2 aromatic carbocycles. The van der Waals surface area contributed by atoms with Crippen LogP contribution in [0.25, 0.3) is 10.9 Å². The van der Waals surface area contributed by atoms with Crippen LogP contribution in [0.4, 0.5) is 5.82 Å². The third kappa shape index (κ3) is 5.06. The molecule has 1 atom stereocenters. The van der Waals surface area contributed by atoms with E-state index in [4.69, 9.17) is 15.2 Å². The van der Waals surface area contributed by atoms with E-state index in [1.807, 2.05) is 42.5 Å². The first kappa shape index (κ1) is 18.9. The summed E-state index contributed by atoms with van der Waals surface area (Å²) in [5.41, 5.74) is 6.47. The number of ether oxygens (including phenoxy) is 2. The van der Waals surface area contributed by atoms with Gasteiger partial charge in [0.25, 0.3) is 0 Å². The Labute approximate surface area is 158 Å². The molecule has 0 saturated carbocycles. The van der Waals surface area contributed by atoms with Crippen LogP contribution in [0.2, 0.25) is 0 Å². The number of rotatable bonds is 9. The number of fused-ring (bicyclic) bond motifs is 1. The molecule has 0 bridgehead atoms.